The third kappa shape index (κ3) is 8.39. The van der Waals surface area contributed by atoms with Gasteiger partial charge in [0.1, 0.15) is 11.5 Å². The fraction of sp³-hybridized carbons (Fsp3) is 0.304. The average Bonchev–Trinajstić information content (AvgIpc) is 2.74. The second-order valence-corrected chi connectivity index (χ2v) is 6.07. The predicted octanol–water partition coefficient (Wildman–Crippen LogP) is 3.91. The fourth-order valence-electron chi connectivity index (χ4n) is 2.39. The van der Waals surface area contributed by atoms with Crippen molar-refractivity contribution in [1.29, 1.82) is 0 Å². The Morgan fingerprint density at radius 3 is 1.46 bits per heavy atom. The van der Waals surface area contributed by atoms with E-state index in [0.29, 0.717) is 26.4 Å². The average molecular weight is 384 g/mol. The van der Waals surface area contributed by atoms with Gasteiger partial charge in [0.05, 0.1) is 46.8 Å². The molecule has 0 saturated carbocycles. The zero-order valence-electron chi connectivity index (χ0n) is 16.4. The summed E-state index contributed by atoms with van der Waals surface area (Å²) in [7, 11) is 3.28. The van der Waals surface area contributed by atoms with Crippen LogP contribution in [0, 0.1) is 0 Å². The van der Waals surface area contributed by atoms with Crippen molar-refractivity contribution < 1.29 is 24.1 Å². The summed E-state index contributed by atoms with van der Waals surface area (Å²) in [4.78, 5) is 0. The molecule has 0 aromatic heterocycles. The van der Waals surface area contributed by atoms with Crippen LogP contribution in [0.1, 0.15) is 11.1 Å². The zero-order chi connectivity index (χ0) is 20.0. The lowest BCUT2D eigenvalue weighted by molar-refractivity contribution is 0.146. The fourth-order valence-corrected chi connectivity index (χ4v) is 2.39. The second kappa shape index (κ2) is 12.7. The van der Waals surface area contributed by atoms with E-state index in [2.05, 4.69) is 0 Å². The van der Waals surface area contributed by atoms with Crippen LogP contribution in [0.4, 0.5) is 0 Å². The summed E-state index contributed by atoms with van der Waals surface area (Å²) in [6.07, 6.45) is 6.32. The van der Waals surface area contributed by atoms with Gasteiger partial charge in [0.2, 0.25) is 0 Å². The molecule has 2 aromatic carbocycles. The Morgan fingerprint density at radius 1 is 0.714 bits per heavy atom. The van der Waals surface area contributed by atoms with Crippen molar-refractivity contribution in [3.8, 4) is 11.5 Å². The van der Waals surface area contributed by atoms with Crippen LogP contribution in [0.5, 0.6) is 11.5 Å². The normalized spacial score (nSPS) is 11.6. The lowest BCUT2D eigenvalue weighted by Gasteiger charge is -2.04. The molecule has 0 radical (unpaired) electrons. The summed E-state index contributed by atoms with van der Waals surface area (Å²) in [6.45, 7) is 1.90. The Bertz CT molecular complexity index is 656. The summed E-state index contributed by atoms with van der Waals surface area (Å²) in [5.74, 6) is 1.65. The first-order valence-corrected chi connectivity index (χ1v) is 9.14. The molecule has 2 rings (SSSR count). The highest BCUT2D eigenvalue weighted by atomic mass is 16.5. The largest absolute Gasteiger partial charge is 0.497 e. The predicted molar refractivity (Wildman–Crippen MR) is 110 cm³/mol. The van der Waals surface area contributed by atoms with Crippen molar-refractivity contribution in [1.82, 2.24) is 0 Å². The van der Waals surface area contributed by atoms with Crippen molar-refractivity contribution >= 4 is 0 Å². The highest BCUT2D eigenvalue weighted by Gasteiger charge is 1.96. The molecule has 2 aromatic rings. The number of benzene rings is 2. The number of hydrogen-bond donors (Lipinski definition) is 1. The van der Waals surface area contributed by atoms with E-state index in [1.807, 2.05) is 48.5 Å². The lowest BCUT2D eigenvalue weighted by Crippen LogP contribution is -2.00. The van der Waals surface area contributed by atoms with Crippen LogP contribution in [0.15, 0.2) is 72.8 Å². The van der Waals surface area contributed by atoms with Gasteiger partial charge in [-0.05, 0) is 35.4 Å². The molecule has 0 unspecified atom stereocenters. The molecular formula is C23H28O5. The Kier molecular flexibility index (Phi) is 9.86. The van der Waals surface area contributed by atoms with Gasteiger partial charge in [-0.2, -0.15) is 0 Å². The van der Waals surface area contributed by atoms with Crippen molar-refractivity contribution in [2.75, 3.05) is 27.4 Å². The molecule has 5 nitrogen and oxygen atoms in total. The molecule has 0 aliphatic carbocycles. The van der Waals surface area contributed by atoms with Gasteiger partial charge in [0, 0.05) is 0 Å². The first-order chi connectivity index (χ1) is 13.7. The van der Waals surface area contributed by atoms with Crippen LogP contribution in [-0.4, -0.2) is 38.6 Å². The smallest absolute Gasteiger partial charge is 0.118 e. The molecule has 0 amide bonds. The number of ether oxygens (including phenoxy) is 4. The van der Waals surface area contributed by atoms with E-state index in [1.54, 1.807) is 38.5 Å². The number of aliphatic hydroxyl groups excluding tert-OH is 1. The Hall–Kier alpha value is -2.60. The molecular weight excluding hydrogens is 356 g/mol. The van der Waals surface area contributed by atoms with Crippen LogP contribution in [0.2, 0.25) is 0 Å². The molecule has 0 atom stereocenters. The van der Waals surface area contributed by atoms with Gasteiger partial charge in [-0.3, -0.25) is 0 Å². The first-order valence-electron chi connectivity index (χ1n) is 9.14. The van der Waals surface area contributed by atoms with Crippen molar-refractivity contribution in [2.45, 2.75) is 19.3 Å². The molecule has 0 heterocycles. The molecule has 0 aliphatic heterocycles. The number of rotatable bonds is 12. The number of aliphatic hydroxyl groups is 1. The summed E-state index contributed by atoms with van der Waals surface area (Å²) in [5.41, 5.74) is 2.15. The summed E-state index contributed by atoms with van der Waals surface area (Å²) in [5, 5.41) is 9.88. The minimum Gasteiger partial charge on any atom is -0.497 e. The SMILES string of the molecule is COc1ccc(COC/C=C/C(O)/C=C/COCc2ccc(OC)cc2)cc1. The third-order valence-corrected chi connectivity index (χ3v) is 3.95. The van der Waals surface area contributed by atoms with Crippen LogP contribution in [0.25, 0.3) is 0 Å². The second-order valence-electron chi connectivity index (χ2n) is 6.07. The van der Waals surface area contributed by atoms with E-state index >= 15 is 0 Å². The minimum absolute atomic E-state index is 0.435. The zero-order valence-corrected chi connectivity index (χ0v) is 16.4. The highest BCUT2D eigenvalue weighted by Crippen LogP contribution is 2.12. The van der Waals surface area contributed by atoms with Crippen molar-refractivity contribution in [3.05, 3.63) is 84.0 Å². The van der Waals surface area contributed by atoms with E-state index in [0.717, 1.165) is 22.6 Å². The van der Waals surface area contributed by atoms with E-state index in [-0.39, 0.29) is 0 Å². The third-order valence-electron chi connectivity index (χ3n) is 3.95. The summed E-state index contributed by atoms with van der Waals surface area (Å²) in [6, 6.07) is 15.5. The molecule has 5 heteroatoms. The van der Waals surface area contributed by atoms with Crippen molar-refractivity contribution in [2.24, 2.45) is 0 Å². The number of hydrogen-bond acceptors (Lipinski definition) is 5. The van der Waals surface area contributed by atoms with E-state index in [4.69, 9.17) is 18.9 Å². The first kappa shape index (κ1) is 21.7. The maximum absolute atomic E-state index is 9.88. The standard InChI is InChI=1S/C23H28O5/c1-25-22-11-7-19(8-12-22)17-27-15-3-5-21(24)6-4-16-28-18-20-9-13-23(26-2)14-10-20/h3-14,21,24H,15-18H2,1-2H3/b5-3+,6-4+. The molecule has 0 aliphatic rings. The summed E-state index contributed by atoms with van der Waals surface area (Å²) < 4.78 is 21.3. The van der Waals surface area contributed by atoms with Gasteiger partial charge in [-0.25, -0.2) is 0 Å². The Balaban J connectivity index is 1.56. The van der Waals surface area contributed by atoms with Gasteiger partial charge < -0.3 is 24.1 Å². The van der Waals surface area contributed by atoms with E-state index in [1.165, 1.54) is 0 Å². The van der Waals surface area contributed by atoms with Gasteiger partial charge in [0.25, 0.3) is 0 Å². The van der Waals surface area contributed by atoms with Gasteiger partial charge in [-0.15, -0.1) is 0 Å². The number of methoxy groups -OCH3 is 2. The molecule has 150 valence electrons. The van der Waals surface area contributed by atoms with Gasteiger partial charge in [0.15, 0.2) is 0 Å². The van der Waals surface area contributed by atoms with E-state index in [9.17, 15) is 5.11 Å². The lowest BCUT2D eigenvalue weighted by atomic mass is 10.2. The molecule has 0 saturated heterocycles. The molecule has 1 N–H and O–H groups in total. The Labute approximate surface area is 166 Å². The molecule has 0 spiro atoms. The molecule has 0 bridgehead atoms. The Morgan fingerprint density at radius 2 is 1.11 bits per heavy atom. The van der Waals surface area contributed by atoms with Crippen LogP contribution in [-0.2, 0) is 22.7 Å². The maximum atomic E-state index is 9.88. The highest BCUT2D eigenvalue weighted by molar-refractivity contribution is 5.27. The maximum Gasteiger partial charge on any atom is 0.118 e. The summed E-state index contributed by atoms with van der Waals surface area (Å²) >= 11 is 0. The van der Waals surface area contributed by atoms with Crippen molar-refractivity contribution in [3.63, 3.8) is 0 Å². The monoisotopic (exact) mass is 384 g/mol. The molecule has 28 heavy (non-hydrogen) atoms. The van der Waals surface area contributed by atoms with E-state index < -0.39 is 6.10 Å². The quantitative estimate of drug-likeness (QED) is 0.444. The van der Waals surface area contributed by atoms with Gasteiger partial charge >= 0.3 is 0 Å². The van der Waals surface area contributed by atoms with Gasteiger partial charge in [-0.1, -0.05) is 48.6 Å². The van der Waals surface area contributed by atoms with Crippen LogP contribution < -0.4 is 9.47 Å². The van der Waals surface area contributed by atoms with Crippen LogP contribution in [0.3, 0.4) is 0 Å². The minimum atomic E-state index is -0.658. The van der Waals surface area contributed by atoms with Crippen LogP contribution >= 0.6 is 0 Å². The molecule has 0 fully saturated rings. The topological polar surface area (TPSA) is 57.2 Å².